The molecule has 1 heterocycles. The van der Waals surface area contributed by atoms with Gasteiger partial charge < -0.3 is 14.6 Å². The van der Waals surface area contributed by atoms with Gasteiger partial charge >= 0.3 is 0 Å². The number of hydrogen-bond donors (Lipinski definition) is 1. The lowest BCUT2D eigenvalue weighted by atomic mass is 10.1. The molecular weight excluding hydrogens is 355 g/mol. The number of carbonyl (C=O) groups excluding carboxylic acids is 1. The Bertz CT molecular complexity index is 906. The van der Waals surface area contributed by atoms with E-state index >= 15 is 0 Å². The van der Waals surface area contributed by atoms with Crippen molar-refractivity contribution in [1.82, 2.24) is 10.2 Å². The first kappa shape index (κ1) is 19.8. The van der Waals surface area contributed by atoms with Crippen LogP contribution in [0.3, 0.4) is 0 Å². The number of nitrogens with one attached hydrogen (secondary N) is 1. The van der Waals surface area contributed by atoms with Crippen molar-refractivity contribution in [2.75, 3.05) is 20.6 Å². The van der Waals surface area contributed by atoms with Crippen LogP contribution >= 0.6 is 0 Å². The minimum absolute atomic E-state index is 0.0355. The molecule has 28 heavy (non-hydrogen) atoms. The number of aryl methyl sites for hydroxylation is 1. The fourth-order valence-corrected chi connectivity index (χ4v) is 3.13. The Labute approximate surface area is 165 Å². The van der Waals surface area contributed by atoms with Crippen molar-refractivity contribution in [3.8, 4) is 11.3 Å². The van der Waals surface area contributed by atoms with E-state index in [1.165, 1.54) is 6.07 Å². The largest absolute Gasteiger partial charge is 0.461 e. The molecule has 146 valence electrons. The number of nitrogens with zero attached hydrogens (tertiary/aromatic N) is 1. The number of carbonyl (C=O) groups is 1. The summed E-state index contributed by atoms with van der Waals surface area (Å²) in [5, 5.41) is 3.00. The Balaban J connectivity index is 1.53. The zero-order valence-corrected chi connectivity index (χ0v) is 16.2. The first-order chi connectivity index (χ1) is 13.5. The maximum Gasteiger partial charge on any atom is 0.220 e. The van der Waals surface area contributed by atoms with E-state index < -0.39 is 0 Å². The van der Waals surface area contributed by atoms with Crippen molar-refractivity contribution in [2.45, 2.75) is 18.9 Å². The molecule has 0 spiro atoms. The molecule has 0 fully saturated rings. The Morgan fingerprint density at radius 2 is 1.75 bits per heavy atom. The maximum atomic E-state index is 13.9. The van der Waals surface area contributed by atoms with Crippen molar-refractivity contribution in [3.05, 3.63) is 83.9 Å². The van der Waals surface area contributed by atoms with Crippen LogP contribution in [0.15, 0.2) is 71.1 Å². The third-order valence-electron chi connectivity index (χ3n) is 4.70. The van der Waals surface area contributed by atoms with Crippen LogP contribution in [0.2, 0.25) is 0 Å². The highest BCUT2D eigenvalue weighted by Gasteiger charge is 2.15. The number of benzene rings is 2. The lowest BCUT2D eigenvalue weighted by Gasteiger charge is -2.25. The number of amides is 1. The van der Waals surface area contributed by atoms with Gasteiger partial charge in [-0.25, -0.2) is 4.39 Å². The summed E-state index contributed by atoms with van der Waals surface area (Å²) in [6.45, 7) is 0.536. The number of furan rings is 1. The van der Waals surface area contributed by atoms with Crippen molar-refractivity contribution in [2.24, 2.45) is 0 Å². The minimum Gasteiger partial charge on any atom is -0.461 e. The van der Waals surface area contributed by atoms with Crippen molar-refractivity contribution in [3.63, 3.8) is 0 Å². The molecule has 1 atom stereocenters. The first-order valence-corrected chi connectivity index (χ1v) is 9.36. The Morgan fingerprint density at radius 1 is 1.04 bits per heavy atom. The predicted octanol–water partition coefficient (Wildman–Crippen LogP) is 4.44. The summed E-state index contributed by atoms with van der Waals surface area (Å²) >= 11 is 0. The van der Waals surface area contributed by atoms with Crippen LogP contribution in [0.25, 0.3) is 11.3 Å². The van der Waals surface area contributed by atoms with Crippen molar-refractivity contribution >= 4 is 5.91 Å². The monoisotopic (exact) mass is 380 g/mol. The molecule has 0 aliphatic carbocycles. The van der Waals surface area contributed by atoms with Gasteiger partial charge in [0.2, 0.25) is 5.91 Å². The van der Waals surface area contributed by atoms with Crippen LogP contribution in [0.1, 0.15) is 23.8 Å². The van der Waals surface area contributed by atoms with E-state index in [1.54, 1.807) is 30.3 Å². The molecule has 1 amide bonds. The number of halogens is 1. The van der Waals surface area contributed by atoms with Gasteiger partial charge in [0.05, 0.1) is 11.6 Å². The molecule has 0 bridgehead atoms. The molecule has 0 saturated carbocycles. The van der Waals surface area contributed by atoms with Gasteiger partial charge in [0.15, 0.2) is 0 Å². The number of rotatable bonds is 8. The zero-order valence-electron chi connectivity index (χ0n) is 16.2. The summed E-state index contributed by atoms with van der Waals surface area (Å²) in [7, 11) is 3.99. The third kappa shape index (κ3) is 5.08. The van der Waals surface area contributed by atoms with Crippen LogP contribution in [0, 0.1) is 5.82 Å². The molecule has 1 N–H and O–H groups in total. The van der Waals surface area contributed by atoms with E-state index in [0.717, 1.165) is 5.56 Å². The van der Waals surface area contributed by atoms with Gasteiger partial charge in [0.25, 0.3) is 0 Å². The fraction of sp³-hybridized carbons (Fsp3) is 0.261. The van der Waals surface area contributed by atoms with E-state index in [0.29, 0.717) is 36.5 Å². The van der Waals surface area contributed by atoms with Crippen molar-refractivity contribution < 1.29 is 13.6 Å². The maximum absolute atomic E-state index is 13.9. The van der Waals surface area contributed by atoms with E-state index in [2.05, 4.69) is 22.3 Å². The Morgan fingerprint density at radius 3 is 2.46 bits per heavy atom. The molecule has 0 aliphatic rings. The molecule has 0 saturated heterocycles. The highest BCUT2D eigenvalue weighted by Crippen LogP contribution is 2.25. The van der Waals surface area contributed by atoms with E-state index in [9.17, 15) is 9.18 Å². The summed E-state index contributed by atoms with van der Waals surface area (Å²) < 4.78 is 19.6. The van der Waals surface area contributed by atoms with E-state index in [1.807, 2.05) is 32.3 Å². The van der Waals surface area contributed by atoms with Gasteiger partial charge in [-0.15, -0.1) is 0 Å². The summed E-state index contributed by atoms with van der Waals surface area (Å²) in [6, 6.07) is 20.2. The minimum atomic E-state index is -0.322. The number of likely N-dealkylation sites (N-methyl/N-ethyl adjacent to an activating group) is 1. The molecule has 0 aliphatic heterocycles. The average molecular weight is 380 g/mol. The van der Waals surface area contributed by atoms with Gasteiger partial charge in [-0.3, -0.25) is 4.79 Å². The van der Waals surface area contributed by atoms with Gasteiger partial charge in [-0.1, -0.05) is 42.5 Å². The summed E-state index contributed by atoms with van der Waals surface area (Å²) in [4.78, 5) is 14.4. The van der Waals surface area contributed by atoms with Crippen LogP contribution in [-0.2, 0) is 11.2 Å². The van der Waals surface area contributed by atoms with Gasteiger partial charge in [-0.2, -0.15) is 0 Å². The SMILES string of the molecule is CN(C)[C@@H](CNC(=O)CCc1ccc(-c2ccccc2F)o1)c1ccccc1. The zero-order chi connectivity index (χ0) is 19.9. The summed E-state index contributed by atoms with van der Waals surface area (Å²) in [6.07, 6.45) is 0.789. The number of hydrogen-bond acceptors (Lipinski definition) is 3. The molecule has 0 unspecified atom stereocenters. The lowest BCUT2D eigenvalue weighted by molar-refractivity contribution is -0.121. The standard InChI is InChI=1S/C23H25FN2O2/c1-26(2)21(17-8-4-3-5-9-17)16-25-23(27)15-13-18-12-14-22(28-18)19-10-6-7-11-20(19)24/h3-12,14,21H,13,15-16H2,1-2H3,(H,25,27)/t21-/m0/s1. The molecular formula is C23H25FN2O2. The normalized spacial score (nSPS) is 12.1. The van der Waals surface area contributed by atoms with Crippen LogP contribution in [0.5, 0.6) is 0 Å². The van der Waals surface area contributed by atoms with Gasteiger partial charge in [-0.05, 0) is 43.9 Å². The second kappa shape index (κ2) is 9.33. The van der Waals surface area contributed by atoms with Crippen LogP contribution in [0.4, 0.5) is 4.39 Å². The smallest absolute Gasteiger partial charge is 0.220 e. The molecule has 3 rings (SSSR count). The molecule has 1 aromatic heterocycles. The lowest BCUT2D eigenvalue weighted by Crippen LogP contribution is -2.34. The van der Waals surface area contributed by atoms with Gasteiger partial charge in [0.1, 0.15) is 17.3 Å². The fourth-order valence-electron chi connectivity index (χ4n) is 3.13. The van der Waals surface area contributed by atoms with Crippen LogP contribution < -0.4 is 5.32 Å². The highest BCUT2D eigenvalue weighted by atomic mass is 19.1. The van der Waals surface area contributed by atoms with Gasteiger partial charge in [0, 0.05) is 19.4 Å². The molecule has 5 heteroatoms. The highest BCUT2D eigenvalue weighted by molar-refractivity contribution is 5.76. The Hall–Kier alpha value is -2.92. The molecule has 4 nitrogen and oxygen atoms in total. The first-order valence-electron chi connectivity index (χ1n) is 9.36. The third-order valence-corrected chi connectivity index (χ3v) is 4.70. The molecule has 2 aromatic carbocycles. The predicted molar refractivity (Wildman–Crippen MR) is 108 cm³/mol. The van der Waals surface area contributed by atoms with E-state index in [4.69, 9.17) is 4.42 Å². The van der Waals surface area contributed by atoms with Crippen molar-refractivity contribution in [1.29, 1.82) is 0 Å². The second-order valence-corrected chi connectivity index (χ2v) is 6.94. The summed E-state index contributed by atoms with van der Waals surface area (Å²) in [5.41, 5.74) is 1.59. The second-order valence-electron chi connectivity index (χ2n) is 6.94. The van der Waals surface area contributed by atoms with E-state index in [-0.39, 0.29) is 17.8 Å². The topological polar surface area (TPSA) is 45.5 Å². The van der Waals surface area contributed by atoms with Crippen LogP contribution in [-0.4, -0.2) is 31.4 Å². The quantitative estimate of drug-likeness (QED) is 0.628. The average Bonchev–Trinajstić information content (AvgIpc) is 3.16. The molecule has 0 radical (unpaired) electrons. The molecule has 3 aromatic rings. The Kier molecular flexibility index (Phi) is 6.61. The summed E-state index contributed by atoms with van der Waals surface area (Å²) in [5.74, 6) is 0.786.